The monoisotopic (exact) mass is 669 g/mol. The summed E-state index contributed by atoms with van der Waals surface area (Å²) in [4.78, 5) is 35.8. The van der Waals surface area contributed by atoms with E-state index in [4.69, 9.17) is 14.2 Å². The molecule has 258 valence electrons. The number of halogens is 3. The topological polar surface area (TPSA) is 89.4 Å². The Kier molecular flexibility index (Phi) is 11.4. The first-order valence-electron chi connectivity index (χ1n) is 16.1. The number of rotatable bonds is 12. The van der Waals surface area contributed by atoms with Crippen LogP contribution in [0.25, 0.3) is 11.0 Å². The van der Waals surface area contributed by atoms with E-state index >= 15 is 0 Å². The normalized spacial score (nSPS) is 19.5. The van der Waals surface area contributed by atoms with Crippen molar-refractivity contribution >= 4 is 36.8 Å². The lowest BCUT2D eigenvalue weighted by molar-refractivity contribution is -0.146. The van der Waals surface area contributed by atoms with Gasteiger partial charge in [0.1, 0.15) is 24.5 Å². The van der Waals surface area contributed by atoms with E-state index in [2.05, 4.69) is 29.5 Å². The summed E-state index contributed by atoms with van der Waals surface area (Å²) in [5.41, 5.74) is 1.20. The third-order valence-electron chi connectivity index (χ3n) is 8.44. The highest BCUT2D eigenvalue weighted by molar-refractivity contribution is 6.76. The second kappa shape index (κ2) is 14.5. The van der Waals surface area contributed by atoms with Crippen molar-refractivity contribution in [2.45, 2.75) is 96.7 Å². The van der Waals surface area contributed by atoms with Crippen LogP contribution >= 0.6 is 0 Å². The lowest BCUT2D eigenvalue weighted by Crippen LogP contribution is -2.53. The number of alkyl halides is 3. The number of pyridine rings is 1. The molecule has 4 rings (SSSR count). The first kappa shape index (κ1) is 36.0. The van der Waals surface area contributed by atoms with E-state index in [1.165, 1.54) is 0 Å². The highest BCUT2D eigenvalue weighted by Crippen LogP contribution is 2.40. The van der Waals surface area contributed by atoms with Crippen LogP contribution in [0.5, 0.6) is 0 Å². The fourth-order valence-corrected chi connectivity index (χ4v) is 6.85. The fourth-order valence-electron chi connectivity index (χ4n) is 6.09. The van der Waals surface area contributed by atoms with Gasteiger partial charge in [-0.25, -0.2) is 9.78 Å². The number of aromatic nitrogens is 2. The van der Waals surface area contributed by atoms with Gasteiger partial charge >= 0.3 is 12.3 Å². The minimum absolute atomic E-state index is 0.0229. The molecule has 0 N–H and O–H groups in total. The van der Waals surface area contributed by atoms with E-state index in [1.54, 1.807) is 39.0 Å². The van der Waals surface area contributed by atoms with Crippen LogP contribution in [0, 0.1) is 5.92 Å². The number of anilines is 1. The number of hydrogen-bond donors (Lipinski definition) is 0. The number of carbonyl (C=O) groups excluding carboxylic acids is 2. The molecule has 2 aromatic heterocycles. The molecule has 1 fully saturated rings. The molecule has 0 spiro atoms. The van der Waals surface area contributed by atoms with Gasteiger partial charge in [-0.1, -0.05) is 19.6 Å². The molecule has 0 aromatic carbocycles. The van der Waals surface area contributed by atoms with E-state index in [0.29, 0.717) is 64.4 Å². The second-order valence-corrected chi connectivity index (χ2v) is 20.3. The number of fused-ring (bicyclic) bond motifs is 3. The third kappa shape index (κ3) is 9.60. The van der Waals surface area contributed by atoms with Gasteiger partial charge in [-0.05, 0) is 64.5 Å². The van der Waals surface area contributed by atoms with Crippen LogP contribution in [-0.2, 0) is 20.9 Å². The zero-order valence-electron chi connectivity index (χ0n) is 28.3. The lowest BCUT2D eigenvalue weighted by Gasteiger charge is -2.45. The summed E-state index contributed by atoms with van der Waals surface area (Å²) in [6.07, 6.45) is 0.789. The molecule has 14 heteroatoms. The largest absolute Gasteiger partial charge is 0.444 e. The fraction of sp³-hybridized carbons (Fsp3) is 0.719. The van der Waals surface area contributed by atoms with Gasteiger partial charge < -0.3 is 28.6 Å². The maximum absolute atomic E-state index is 13.6. The van der Waals surface area contributed by atoms with E-state index in [9.17, 15) is 22.8 Å². The van der Waals surface area contributed by atoms with Crippen molar-refractivity contribution in [3.63, 3.8) is 0 Å². The smallest absolute Gasteiger partial charge is 0.410 e. The summed E-state index contributed by atoms with van der Waals surface area (Å²) in [5, 5.41) is 0.870. The molecule has 2 aromatic rings. The highest BCUT2D eigenvalue weighted by atomic mass is 28.3. The van der Waals surface area contributed by atoms with E-state index in [0.717, 1.165) is 27.7 Å². The Morgan fingerprint density at radius 2 is 1.80 bits per heavy atom. The van der Waals surface area contributed by atoms with Gasteiger partial charge in [-0.3, -0.25) is 9.69 Å². The van der Waals surface area contributed by atoms with Gasteiger partial charge in [-0.15, -0.1) is 0 Å². The number of hydrogen-bond acceptors (Lipinski definition) is 7. The molecule has 2 aliphatic rings. The summed E-state index contributed by atoms with van der Waals surface area (Å²) >= 11 is 0. The lowest BCUT2D eigenvalue weighted by atomic mass is 9.84. The number of methoxy groups -OCH3 is 1. The molecule has 0 unspecified atom stereocenters. The Labute approximate surface area is 271 Å². The first-order valence-corrected chi connectivity index (χ1v) is 19.8. The summed E-state index contributed by atoms with van der Waals surface area (Å²) in [5.74, 6) is -0.209. The number of amides is 2. The first-order chi connectivity index (χ1) is 21.5. The van der Waals surface area contributed by atoms with Crippen molar-refractivity contribution in [2.75, 3.05) is 51.5 Å². The van der Waals surface area contributed by atoms with Crippen molar-refractivity contribution in [2.24, 2.45) is 5.92 Å². The van der Waals surface area contributed by atoms with Crippen LogP contribution in [0.1, 0.15) is 56.8 Å². The van der Waals surface area contributed by atoms with Gasteiger partial charge in [0.05, 0.1) is 24.5 Å². The van der Waals surface area contributed by atoms with Crippen molar-refractivity contribution in [3.8, 4) is 0 Å². The number of carbonyl (C=O) groups is 2. The van der Waals surface area contributed by atoms with Crippen molar-refractivity contribution in [1.82, 2.24) is 19.4 Å². The van der Waals surface area contributed by atoms with E-state index in [1.807, 2.05) is 16.8 Å². The minimum Gasteiger partial charge on any atom is -0.444 e. The van der Waals surface area contributed by atoms with Crippen LogP contribution in [0.2, 0.25) is 25.7 Å². The summed E-state index contributed by atoms with van der Waals surface area (Å²) in [6, 6.07) is 3.09. The average Bonchev–Trinajstić information content (AvgIpc) is 3.36. The van der Waals surface area contributed by atoms with Crippen molar-refractivity contribution in [3.05, 3.63) is 24.0 Å². The van der Waals surface area contributed by atoms with Gasteiger partial charge in [-0.2, -0.15) is 13.2 Å². The molecule has 46 heavy (non-hydrogen) atoms. The maximum atomic E-state index is 13.6. The van der Waals surface area contributed by atoms with Gasteiger partial charge in [0, 0.05) is 58.7 Å². The molecule has 0 saturated heterocycles. The number of ether oxygens (including phenoxy) is 3. The molecule has 3 heterocycles. The summed E-state index contributed by atoms with van der Waals surface area (Å²) in [7, 11) is 0.369. The van der Waals surface area contributed by atoms with Crippen LogP contribution in [0.3, 0.4) is 0 Å². The maximum Gasteiger partial charge on any atom is 0.410 e. The summed E-state index contributed by atoms with van der Waals surface area (Å²) < 4.78 is 58.8. The Balaban J connectivity index is 1.54. The second-order valence-electron chi connectivity index (χ2n) is 14.7. The Morgan fingerprint density at radius 1 is 1.11 bits per heavy atom. The molecule has 1 aliphatic carbocycles. The molecule has 0 radical (unpaired) electrons. The molecule has 0 bridgehead atoms. The quantitative estimate of drug-likeness (QED) is 0.187. The van der Waals surface area contributed by atoms with Crippen LogP contribution < -0.4 is 4.90 Å². The third-order valence-corrected chi connectivity index (χ3v) is 10.1. The van der Waals surface area contributed by atoms with Crippen LogP contribution in [-0.4, -0.2) is 104 Å². The van der Waals surface area contributed by atoms with Gasteiger partial charge in [0.25, 0.3) is 5.91 Å². The Bertz CT molecular complexity index is 1350. The highest BCUT2D eigenvalue weighted by Gasteiger charge is 2.39. The van der Waals surface area contributed by atoms with E-state index < -0.39 is 32.5 Å². The van der Waals surface area contributed by atoms with Crippen molar-refractivity contribution in [1.29, 1.82) is 0 Å². The van der Waals surface area contributed by atoms with E-state index in [-0.39, 0.29) is 24.4 Å². The SMILES string of the molecule is COCCN1CN([C@H]2CC[C@H](CN(CC(F)(F)F)C(=O)OC(C)(C)C)CC2)c2c(cnc3c2ccn3COCC[Si](C)(C)C)C1=O. The molecular weight excluding hydrogens is 619 g/mol. The molecule has 1 aliphatic heterocycles. The molecule has 1 saturated carbocycles. The summed E-state index contributed by atoms with van der Waals surface area (Å²) in [6.45, 7) is 12.7. The van der Waals surface area contributed by atoms with Gasteiger partial charge in [0.2, 0.25) is 0 Å². The van der Waals surface area contributed by atoms with Gasteiger partial charge in [0.15, 0.2) is 0 Å². The zero-order chi connectivity index (χ0) is 33.9. The standard InChI is InChI=1S/C32H50F3N5O5Si/c1-31(2,3)45-30(42)39(20-32(33,34)35)19-23-8-10-24(11-9-23)40-21-37(14-15-43-4)29(41)26-18-36-28-25(27(26)40)12-13-38(28)22-44-16-17-46(5,6)7/h12-13,18,23-24H,8-11,14-17,19-22H2,1-7H3/t23-,24-. The molecular formula is C32H50F3N5O5Si. The zero-order valence-corrected chi connectivity index (χ0v) is 29.3. The Morgan fingerprint density at radius 3 is 2.41 bits per heavy atom. The van der Waals surface area contributed by atoms with Crippen LogP contribution in [0.15, 0.2) is 18.5 Å². The van der Waals surface area contributed by atoms with Crippen LogP contribution in [0.4, 0.5) is 23.7 Å². The minimum atomic E-state index is -4.53. The predicted octanol–water partition coefficient (Wildman–Crippen LogP) is 6.57. The average molecular weight is 670 g/mol. The Hall–Kier alpha value is -2.84. The van der Waals surface area contributed by atoms with Crippen molar-refractivity contribution < 1.29 is 37.0 Å². The predicted molar refractivity (Wildman–Crippen MR) is 174 cm³/mol. The molecule has 2 amide bonds. The number of nitrogens with zero attached hydrogens (tertiary/aromatic N) is 5. The molecule has 0 atom stereocenters. The molecule has 10 nitrogen and oxygen atoms in total.